The molecule has 0 saturated heterocycles. The van der Waals surface area contributed by atoms with Gasteiger partial charge in [-0.25, -0.2) is 0 Å². The fraction of sp³-hybridized carbons (Fsp3) is 1.00. The first-order valence-corrected chi connectivity index (χ1v) is 12.1. The molecule has 2 nitrogen and oxygen atoms in total. The van der Waals surface area contributed by atoms with Crippen LogP contribution in [0.4, 0.5) is 0 Å². The van der Waals surface area contributed by atoms with Crippen LogP contribution in [-0.2, 0) is 50.2 Å². The summed E-state index contributed by atoms with van der Waals surface area (Å²) in [4.78, 5) is 0. The van der Waals surface area contributed by atoms with E-state index >= 15 is 0 Å². The van der Waals surface area contributed by atoms with Gasteiger partial charge in [0.05, 0.1) is 18.9 Å². The van der Waals surface area contributed by atoms with E-state index in [1.807, 2.05) is 0 Å². The van der Waals surface area contributed by atoms with Crippen molar-refractivity contribution in [1.29, 1.82) is 0 Å². The van der Waals surface area contributed by atoms with Gasteiger partial charge in [0, 0.05) is 0 Å². The average Bonchev–Trinajstić information content (AvgIpc) is 2.37. The van der Waals surface area contributed by atoms with Crippen molar-refractivity contribution in [3.05, 3.63) is 0 Å². The molecule has 0 bridgehead atoms. The van der Waals surface area contributed by atoms with Crippen molar-refractivity contribution in [3.8, 4) is 0 Å². The van der Waals surface area contributed by atoms with Crippen LogP contribution in [0.5, 0.6) is 0 Å². The summed E-state index contributed by atoms with van der Waals surface area (Å²) in [7, 11) is 0. The van der Waals surface area contributed by atoms with E-state index in [0.717, 1.165) is 24.7 Å². The zero-order chi connectivity index (χ0) is 16.1. The summed E-state index contributed by atoms with van der Waals surface area (Å²) in [6.45, 7) is 10.4. The van der Waals surface area contributed by atoms with E-state index in [0.29, 0.717) is 13.2 Å². The van der Waals surface area contributed by atoms with Gasteiger partial charge in [-0.2, -0.15) is 0 Å². The Morgan fingerprint density at radius 1 is 0.773 bits per heavy atom. The predicted octanol–water partition coefficient (Wildman–Crippen LogP) is 6.22. The van der Waals surface area contributed by atoms with Gasteiger partial charge < -0.3 is 21.3 Å². The average molecular weight is 417 g/mol. The van der Waals surface area contributed by atoms with Crippen LogP contribution in [0.2, 0.25) is 0 Å². The third kappa shape index (κ3) is 19.5. The minimum atomic E-state index is -2.41. The van der Waals surface area contributed by atoms with Gasteiger partial charge in [-0.15, -0.1) is 0 Å². The first-order valence-electron chi connectivity index (χ1n) is 8.43. The number of rotatable bonds is 14. The maximum atomic E-state index is 5.60. The van der Waals surface area contributed by atoms with Gasteiger partial charge in [-0.3, -0.25) is 0 Å². The summed E-state index contributed by atoms with van der Waals surface area (Å²) < 4.78 is 11.2. The summed E-state index contributed by atoms with van der Waals surface area (Å²) in [5.74, 6) is 1.57. The first kappa shape index (κ1) is 25.7. The molecule has 0 saturated carbocycles. The third-order valence-electron chi connectivity index (χ3n) is 3.35. The van der Waals surface area contributed by atoms with Crippen molar-refractivity contribution in [2.45, 2.75) is 79.1 Å². The molecule has 22 heavy (non-hydrogen) atoms. The molecule has 0 fully saturated rings. The van der Waals surface area contributed by atoms with E-state index in [1.165, 1.54) is 38.5 Å². The summed E-state index contributed by atoms with van der Waals surface area (Å²) in [5, 5.41) is 0. The van der Waals surface area contributed by atoms with E-state index in [1.54, 1.807) is 0 Å². The van der Waals surface area contributed by atoms with Crippen LogP contribution in [0.15, 0.2) is 0 Å². The van der Waals surface area contributed by atoms with E-state index in [-0.39, 0.29) is 17.1 Å². The maximum Gasteiger partial charge on any atom is 1.00 e. The van der Waals surface area contributed by atoms with Crippen molar-refractivity contribution >= 4 is 29.7 Å². The topological polar surface area (TPSA) is 18.5 Å². The summed E-state index contributed by atoms with van der Waals surface area (Å²) >= 11 is 10.5. The molecular formula is C16H34CuO2PS2. The molecule has 0 rings (SSSR count). The number of hydrogen-bond acceptors (Lipinski definition) is 4. The fourth-order valence-corrected chi connectivity index (χ4v) is 3.73. The Labute approximate surface area is 159 Å². The second kappa shape index (κ2) is 15.9. The molecule has 0 radical (unpaired) electrons. The number of unbranched alkanes of at least 4 members (excludes halogenated alkanes) is 4. The van der Waals surface area contributed by atoms with Crippen LogP contribution >= 0.6 is 5.69 Å². The Morgan fingerprint density at radius 2 is 1.14 bits per heavy atom. The minimum absolute atomic E-state index is 0. The molecule has 0 atom stereocenters. The molecule has 0 aromatic heterocycles. The number of hydrogen-bond donors (Lipinski definition) is 0. The van der Waals surface area contributed by atoms with E-state index in [4.69, 9.17) is 33.1 Å². The van der Waals surface area contributed by atoms with Crippen LogP contribution in [-0.4, -0.2) is 13.2 Å². The van der Waals surface area contributed by atoms with Crippen LogP contribution in [0, 0.1) is 11.8 Å². The molecule has 138 valence electrons. The van der Waals surface area contributed by atoms with Crippen LogP contribution in [0.3, 0.4) is 0 Å². The molecule has 6 heteroatoms. The van der Waals surface area contributed by atoms with Crippen LogP contribution in [0.1, 0.15) is 79.1 Å². The Bertz CT molecular complexity index is 265. The summed E-state index contributed by atoms with van der Waals surface area (Å²) in [6, 6.07) is 0. The van der Waals surface area contributed by atoms with Gasteiger partial charge in [-0.1, -0.05) is 78.0 Å². The van der Waals surface area contributed by atoms with Crippen molar-refractivity contribution in [2.24, 2.45) is 11.8 Å². The molecule has 0 aromatic rings. The quantitative estimate of drug-likeness (QED) is 0.145. The molecular weight excluding hydrogens is 383 g/mol. The fourth-order valence-electron chi connectivity index (χ4n) is 2.05. The van der Waals surface area contributed by atoms with Crippen molar-refractivity contribution in [1.82, 2.24) is 0 Å². The molecule has 0 amide bonds. The Kier molecular flexibility index (Phi) is 18.6. The molecule has 0 aromatic carbocycles. The van der Waals surface area contributed by atoms with Crippen molar-refractivity contribution in [3.63, 3.8) is 0 Å². The van der Waals surface area contributed by atoms with Gasteiger partial charge in [0.15, 0.2) is 0 Å². The first-order chi connectivity index (χ1) is 9.83. The zero-order valence-electron chi connectivity index (χ0n) is 14.6. The van der Waals surface area contributed by atoms with Gasteiger partial charge in [-0.05, 0) is 24.7 Å². The smallest absolute Gasteiger partial charge is 0.691 e. The second-order valence-electron chi connectivity index (χ2n) is 6.60. The molecule has 0 N–H and O–H groups in total. The summed E-state index contributed by atoms with van der Waals surface area (Å²) in [6.07, 6.45) is 9.56. The third-order valence-corrected chi connectivity index (χ3v) is 5.61. The summed E-state index contributed by atoms with van der Waals surface area (Å²) in [5.41, 5.74) is -2.41. The van der Waals surface area contributed by atoms with Crippen molar-refractivity contribution in [2.75, 3.05) is 13.2 Å². The van der Waals surface area contributed by atoms with Gasteiger partial charge >= 0.3 is 17.1 Å². The molecule has 0 unspecified atom stereocenters. The Balaban J connectivity index is 0. The predicted molar refractivity (Wildman–Crippen MR) is 100 cm³/mol. The molecule has 0 aliphatic heterocycles. The van der Waals surface area contributed by atoms with Gasteiger partial charge in [0.1, 0.15) is 0 Å². The normalized spacial score (nSPS) is 12.0. The zero-order valence-corrected chi connectivity index (χ0v) is 18.1. The Hall–Kier alpha value is 1.44. The van der Waals surface area contributed by atoms with E-state index < -0.39 is 5.69 Å². The Morgan fingerprint density at radius 3 is 1.45 bits per heavy atom. The van der Waals surface area contributed by atoms with E-state index in [9.17, 15) is 0 Å². The van der Waals surface area contributed by atoms with Crippen molar-refractivity contribution < 1.29 is 26.1 Å². The molecule has 0 aliphatic carbocycles. The monoisotopic (exact) mass is 416 g/mol. The largest absolute Gasteiger partial charge is 1.00 e. The van der Waals surface area contributed by atoms with Gasteiger partial charge in [0.25, 0.3) is 0 Å². The van der Waals surface area contributed by atoms with Crippen LogP contribution in [0.25, 0.3) is 0 Å². The standard InChI is InChI=1S/C16H35O2PS2.Cu/c1-15(2)11-7-5-9-13-17-19(20,21)18-14-10-6-8-12-16(3)4;/h15-16H,5-14H2,1-4H3,(H,20,21);/q;+1/p-1. The SMILES string of the molecule is CC(C)CCCCCOP(=S)([S-])OCCCCCC(C)C.[Cu+]. The van der Waals surface area contributed by atoms with E-state index in [2.05, 4.69) is 27.7 Å². The molecule has 0 aliphatic rings. The van der Waals surface area contributed by atoms with Gasteiger partial charge in [0.2, 0.25) is 0 Å². The second-order valence-corrected chi connectivity index (χ2v) is 11.6. The minimum Gasteiger partial charge on any atom is -0.691 e. The molecule has 0 spiro atoms. The molecule has 0 heterocycles. The van der Waals surface area contributed by atoms with Crippen LogP contribution < -0.4 is 0 Å². The maximum absolute atomic E-state index is 5.60.